The highest BCUT2D eigenvalue weighted by Crippen LogP contribution is 2.15. The van der Waals surface area contributed by atoms with Crippen LogP contribution in [0.2, 0.25) is 0 Å². The molecule has 0 amide bonds. The average Bonchev–Trinajstić information content (AvgIpc) is 2.54. The van der Waals surface area contributed by atoms with Gasteiger partial charge in [0.1, 0.15) is 0 Å². The topological polar surface area (TPSA) is 65.1 Å². The van der Waals surface area contributed by atoms with Gasteiger partial charge in [0.2, 0.25) is 0 Å². The van der Waals surface area contributed by atoms with Crippen LogP contribution in [0.25, 0.3) is 0 Å². The van der Waals surface area contributed by atoms with E-state index >= 15 is 0 Å². The van der Waals surface area contributed by atoms with Crippen LogP contribution in [0.5, 0.6) is 0 Å². The molecule has 21 heavy (non-hydrogen) atoms. The van der Waals surface area contributed by atoms with Crippen molar-refractivity contribution >= 4 is 5.84 Å². The molecule has 1 heterocycles. The van der Waals surface area contributed by atoms with Crippen molar-refractivity contribution in [2.75, 3.05) is 26.2 Å². The molecule has 5 nitrogen and oxygen atoms in total. The zero-order valence-corrected chi connectivity index (χ0v) is 13.0. The van der Waals surface area contributed by atoms with E-state index in [0.717, 1.165) is 43.9 Å². The van der Waals surface area contributed by atoms with E-state index in [0.29, 0.717) is 6.04 Å². The summed E-state index contributed by atoms with van der Waals surface area (Å²) < 4.78 is 0. The molecule has 1 aromatic carbocycles. The smallest absolute Gasteiger partial charge is 0.170 e. The number of nitrogens with two attached hydrogens (primary N) is 1. The molecule has 3 N–H and O–H groups in total. The summed E-state index contributed by atoms with van der Waals surface area (Å²) in [5.74, 6) is 0.184. The molecule has 1 fully saturated rings. The summed E-state index contributed by atoms with van der Waals surface area (Å²) in [5.41, 5.74) is 7.69. The number of rotatable bonds is 5. The summed E-state index contributed by atoms with van der Waals surface area (Å²) >= 11 is 0. The van der Waals surface area contributed by atoms with Gasteiger partial charge in [-0.15, -0.1) is 0 Å². The van der Waals surface area contributed by atoms with E-state index in [1.807, 2.05) is 18.2 Å². The molecule has 1 unspecified atom stereocenters. The van der Waals surface area contributed by atoms with Gasteiger partial charge in [-0.1, -0.05) is 36.3 Å². The van der Waals surface area contributed by atoms with Gasteiger partial charge in [0.15, 0.2) is 5.84 Å². The van der Waals surface area contributed by atoms with Gasteiger partial charge in [-0.3, -0.25) is 9.80 Å². The van der Waals surface area contributed by atoms with E-state index in [1.165, 1.54) is 6.42 Å². The molecule has 1 saturated heterocycles. The Morgan fingerprint density at radius 1 is 1.29 bits per heavy atom. The number of hydrogen-bond acceptors (Lipinski definition) is 4. The molecule has 116 valence electrons. The fourth-order valence-corrected chi connectivity index (χ4v) is 2.82. The van der Waals surface area contributed by atoms with Crippen molar-refractivity contribution in [3.8, 4) is 0 Å². The first-order valence-corrected chi connectivity index (χ1v) is 7.68. The van der Waals surface area contributed by atoms with Crippen molar-refractivity contribution in [1.82, 2.24) is 9.80 Å². The van der Waals surface area contributed by atoms with E-state index in [9.17, 15) is 0 Å². The van der Waals surface area contributed by atoms with Crippen LogP contribution in [0, 0.1) is 0 Å². The second-order valence-electron chi connectivity index (χ2n) is 5.71. The first kappa shape index (κ1) is 15.8. The molecule has 1 atom stereocenters. The summed E-state index contributed by atoms with van der Waals surface area (Å²) in [6, 6.07) is 8.53. The molecule has 5 heteroatoms. The minimum Gasteiger partial charge on any atom is -0.409 e. The summed E-state index contributed by atoms with van der Waals surface area (Å²) in [4.78, 5) is 4.98. The molecular weight excluding hydrogens is 264 g/mol. The number of nitrogens with zero attached hydrogens (tertiary/aromatic N) is 3. The van der Waals surface area contributed by atoms with Crippen LogP contribution in [-0.4, -0.2) is 53.1 Å². The van der Waals surface area contributed by atoms with Crippen LogP contribution >= 0.6 is 0 Å². The van der Waals surface area contributed by atoms with E-state index in [-0.39, 0.29) is 5.84 Å². The van der Waals surface area contributed by atoms with E-state index in [4.69, 9.17) is 10.9 Å². The maximum atomic E-state index is 8.88. The third-order valence-electron chi connectivity index (χ3n) is 4.42. The van der Waals surface area contributed by atoms with Crippen molar-refractivity contribution < 1.29 is 5.21 Å². The largest absolute Gasteiger partial charge is 0.409 e. The predicted octanol–water partition coefficient (Wildman–Crippen LogP) is 1.70. The van der Waals surface area contributed by atoms with Crippen molar-refractivity contribution in [1.29, 1.82) is 0 Å². The summed E-state index contributed by atoms with van der Waals surface area (Å²) in [5, 5.41) is 12.0. The van der Waals surface area contributed by atoms with E-state index in [1.54, 1.807) is 0 Å². The predicted molar refractivity (Wildman–Crippen MR) is 85.6 cm³/mol. The summed E-state index contributed by atoms with van der Waals surface area (Å²) in [6.07, 6.45) is 1.20. The monoisotopic (exact) mass is 290 g/mol. The molecule has 1 aliphatic rings. The fraction of sp³-hybridized carbons (Fsp3) is 0.562. The quantitative estimate of drug-likeness (QED) is 0.375. The van der Waals surface area contributed by atoms with Crippen LogP contribution < -0.4 is 5.73 Å². The molecule has 1 aromatic rings. The lowest BCUT2D eigenvalue weighted by molar-refractivity contribution is 0.0963. The van der Waals surface area contributed by atoms with Gasteiger partial charge in [0, 0.05) is 44.3 Å². The van der Waals surface area contributed by atoms with Gasteiger partial charge in [0.25, 0.3) is 0 Å². The van der Waals surface area contributed by atoms with Crippen molar-refractivity contribution in [2.24, 2.45) is 10.9 Å². The second-order valence-corrected chi connectivity index (χ2v) is 5.71. The van der Waals surface area contributed by atoms with Gasteiger partial charge in [0.05, 0.1) is 0 Å². The molecule has 2 rings (SSSR count). The number of oxime groups is 1. The van der Waals surface area contributed by atoms with Gasteiger partial charge in [-0.25, -0.2) is 0 Å². The van der Waals surface area contributed by atoms with Crippen molar-refractivity contribution in [3.05, 3.63) is 35.4 Å². The van der Waals surface area contributed by atoms with Crippen LogP contribution in [0.15, 0.2) is 29.4 Å². The SMILES string of the molecule is CCC(C)N1CCN(Cc2ccccc2C(N)=NO)CC1. The third kappa shape index (κ3) is 3.95. The lowest BCUT2D eigenvalue weighted by atomic mass is 10.1. The fourth-order valence-electron chi connectivity index (χ4n) is 2.82. The zero-order chi connectivity index (χ0) is 15.2. The number of benzene rings is 1. The van der Waals surface area contributed by atoms with Gasteiger partial charge in [-0.2, -0.15) is 0 Å². The highest BCUT2D eigenvalue weighted by molar-refractivity contribution is 5.98. The maximum Gasteiger partial charge on any atom is 0.170 e. The van der Waals surface area contributed by atoms with Gasteiger partial charge >= 0.3 is 0 Å². The molecule has 0 spiro atoms. The molecular formula is C16H26N4O. The Morgan fingerprint density at radius 3 is 2.57 bits per heavy atom. The first-order valence-electron chi connectivity index (χ1n) is 7.68. The minimum atomic E-state index is 0.184. The molecule has 1 aliphatic heterocycles. The highest BCUT2D eigenvalue weighted by atomic mass is 16.4. The Kier molecular flexibility index (Phi) is 5.59. The molecule has 0 aliphatic carbocycles. The number of amidine groups is 1. The summed E-state index contributed by atoms with van der Waals surface area (Å²) in [6.45, 7) is 9.74. The zero-order valence-electron chi connectivity index (χ0n) is 13.0. The van der Waals surface area contributed by atoms with Crippen LogP contribution in [0.1, 0.15) is 31.4 Å². The number of hydrogen-bond donors (Lipinski definition) is 2. The Bertz CT molecular complexity index is 481. The average molecular weight is 290 g/mol. The highest BCUT2D eigenvalue weighted by Gasteiger charge is 2.20. The first-order chi connectivity index (χ1) is 10.2. The van der Waals surface area contributed by atoms with Gasteiger partial charge in [-0.05, 0) is 18.9 Å². The van der Waals surface area contributed by atoms with Gasteiger partial charge < -0.3 is 10.9 Å². The van der Waals surface area contributed by atoms with Crippen molar-refractivity contribution in [3.63, 3.8) is 0 Å². The van der Waals surface area contributed by atoms with Crippen LogP contribution in [-0.2, 0) is 6.54 Å². The van der Waals surface area contributed by atoms with Crippen LogP contribution in [0.3, 0.4) is 0 Å². The Labute approximate surface area is 127 Å². The molecule has 0 aromatic heterocycles. The second kappa shape index (κ2) is 7.43. The van der Waals surface area contributed by atoms with Crippen molar-refractivity contribution in [2.45, 2.75) is 32.9 Å². The summed E-state index contributed by atoms with van der Waals surface area (Å²) in [7, 11) is 0. The van der Waals surface area contributed by atoms with E-state index < -0.39 is 0 Å². The molecule has 0 saturated carbocycles. The molecule has 0 radical (unpaired) electrons. The standard InChI is InChI=1S/C16H26N4O/c1-3-13(2)20-10-8-19(9-11-20)12-14-6-4-5-7-15(14)16(17)18-21/h4-7,13,21H,3,8-12H2,1-2H3,(H2,17,18). The van der Waals surface area contributed by atoms with E-state index in [2.05, 4.69) is 34.9 Å². The van der Waals surface area contributed by atoms with Crippen LogP contribution in [0.4, 0.5) is 0 Å². The lowest BCUT2D eigenvalue weighted by Gasteiger charge is -2.38. The molecule has 0 bridgehead atoms. The minimum absolute atomic E-state index is 0.184. The Balaban J connectivity index is 1.98. The Morgan fingerprint density at radius 2 is 1.95 bits per heavy atom. The number of piperazine rings is 1. The lowest BCUT2D eigenvalue weighted by Crippen LogP contribution is -2.49. The maximum absolute atomic E-state index is 8.88. The Hall–Kier alpha value is -1.59. The third-order valence-corrected chi connectivity index (χ3v) is 4.42. The normalized spacial score (nSPS) is 19.6.